The normalized spacial score (nSPS) is 37.1. The van der Waals surface area contributed by atoms with E-state index < -0.39 is 0 Å². The van der Waals surface area contributed by atoms with Crippen molar-refractivity contribution in [3.8, 4) is 0 Å². The predicted molar refractivity (Wildman–Crippen MR) is 51.1 cm³/mol. The van der Waals surface area contributed by atoms with Crippen molar-refractivity contribution in [2.24, 2.45) is 5.73 Å². The Morgan fingerprint density at radius 3 is 2.92 bits per heavy atom. The Labute approximate surface area is 77.9 Å². The highest BCUT2D eigenvalue weighted by atomic mass is 32.1. The molecule has 0 aromatic rings. The van der Waals surface area contributed by atoms with Crippen molar-refractivity contribution >= 4 is 17.2 Å². The lowest BCUT2D eigenvalue weighted by atomic mass is 10.2. The molecule has 2 fully saturated rings. The number of morpholine rings is 1. The molecular formula is C8H14N2OS. The number of rotatable bonds is 2. The van der Waals surface area contributed by atoms with Gasteiger partial charge in [-0.25, -0.2) is 0 Å². The van der Waals surface area contributed by atoms with E-state index in [-0.39, 0.29) is 6.04 Å². The number of hydrogen-bond donors (Lipinski definition) is 1. The number of ether oxygens (including phenoxy) is 1. The molecule has 0 radical (unpaired) electrons. The van der Waals surface area contributed by atoms with Crippen molar-refractivity contribution in [2.45, 2.75) is 31.5 Å². The fourth-order valence-electron chi connectivity index (χ4n) is 2.07. The molecule has 2 heterocycles. The highest BCUT2D eigenvalue weighted by Gasteiger charge is 2.41. The van der Waals surface area contributed by atoms with E-state index in [0.29, 0.717) is 17.1 Å². The topological polar surface area (TPSA) is 38.5 Å². The lowest BCUT2D eigenvalue weighted by Gasteiger charge is -2.31. The van der Waals surface area contributed by atoms with E-state index in [4.69, 9.17) is 22.7 Å². The second kappa shape index (κ2) is 2.94. The van der Waals surface area contributed by atoms with Crippen LogP contribution in [-0.4, -0.2) is 41.2 Å². The van der Waals surface area contributed by atoms with Crippen LogP contribution in [0.3, 0.4) is 0 Å². The van der Waals surface area contributed by atoms with E-state index in [1.165, 1.54) is 0 Å². The van der Waals surface area contributed by atoms with Gasteiger partial charge in [0.25, 0.3) is 0 Å². The van der Waals surface area contributed by atoms with Crippen LogP contribution in [0.1, 0.15) is 13.3 Å². The van der Waals surface area contributed by atoms with Crippen LogP contribution >= 0.6 is 12.2 Å². The molecule has 0 spiro atoms. The molecule has 0 aromatic carbocycles. The fraction of sp³-hybridized carbons (Fsp3) is 0.875. The third-order valence-electron chi connectivity index (χ3n) is 2.85. The molecule has 2 N–H and O–H groups in total. The smallest absolute Gasteiger partial charge is 0.0899 e. The van der Waals surface area contributed by atoms with Gasteiger partial charge in [-0.15, -0.1) is 0 Å². The molecule has 0 amide bonds. The maximum absolute atomic E-state index is 5.60. The van der Waals surface area contributed by atoms with Gasteiger partial charge < -0.3 is 10.5 Å². The van der Waals surface area contributed by atoms with Crippen molar-refractivity contribution in [1.29, 1.82) is 0 Å². The molecular weight excluding hydrogens is 172 g/mol. The van der Waals surface area contributed by atoms with E-state index in [9.17, 15) is 0 Å². The predicted octanol–water partition coefficient (Wildman–Crippen LogP) is 0.134. The van der Waals surface area contributed by atoms with Gasteiger partial charge in [0.1, 0.15) is 0 Å². The summed E-state index contributed by atoms with van der Waals surface area (Å²) in [6.45, 7) is 3.93. The SMILES string of the molecule is CC(C(N)=S)N1CC2CC1CO2. The van der Waals surface area contributed by atoms with Crippen molar-refractivity contribution in [3.05, 3.63) is 0 Å². The third-order valence-corrected chi connectivity index (χ3v) is 3.19. The minimum absolute atomic E-state index is 0.235. The lowest BCUT2D eigenvalue weighted by molar-refractivity contribution is 0.0253. The molecule has 68 valence electrons. The standard InChI is InChI=1S/C8H14N2OS/c1-5(8(9)12)10-3-7-2-6(10)4-11-7/h5-7H,2-4H2,1H3,(H2,9,12). The van der Waals surface area contributed by atoms with Crippen LogP contribution in [0.4, 0.5) is 0 Å². The monoisotopic (exact) mass is 186 g/mol. The van der Waals surface area contributed by atoms with Gasteiger partial charge in [-0.3, -0.25) is 4.90 Å². The first-order chi connectivity index (χ1) is 5.68. The molecule has 12 heavy (non-hydrogen) atoms. The summed E-state index contributed by atoms with van der Waals surface area (Å²) in [6, 6.07) is 0.797. The summed E-state index contributed by atoms with van der Waals surface area (Å²) in [5, 5.41) is 0. The lowest BCUT2D eigenvalue weighted by Crippen LogP contribution is -2.48. The fourth-order valence-corrected chi connectivity index (χ4v) is 2.20. The molecule has 0 aliphatic carbocycles. The van der Waals surface area contributed by atoms with Gasteiger partial charge in [0, 0.05) is 12.6 Å². The highest BCUT2D eigenvalue weighted by Crippen LogP contribution is 2.29. The largest absolute Gasteiger partial charge is 0.392 e. The number of thiocarbonyl (C=S) groups is 1. The first-order valence-corrected chi connectivity index (χ1v) is 4.76. The van der Waals surface area contributed by atoms with Gasteiger partial charge in [0.05, 0.1) is 23.7 Å². The van der Waals surface area contributed by atoms with Crippen molar-refractivity contribution < 1.29 is 4.74 Å². The average molecular weight is 186 g/mol. The minimum atomic E-state index is 0.235. The Kier molecular flexibility index (Phi) is 2.06. The number of nitrogens with two attached hydrogens (primary N) is 1. The van der Waals surface area contributed by atoms with Gasteiger partial charge in [0.15, 0.2) is 0 Å². The van der Waals surface area contributed by atoms with E-state index in [1.54, 1.807) is 0 Å². The van der Waals surface area contributed by atoms with Gasteiger partial charge >= 0.3 is 0 Å². The zero-order valence-electron chi connectivity index (χ0n) is 7.19. The molecule has 0 aromatic heterocycles. The van der Waals surface area contributed by atoms with E-state index >= 15 is 0 Å². The van der Waals surface area contributed by atoms with Gasteiger partial charge in [-0.05, 0) is 13.3 Å². The zero-order valence-corrected chi connectivity index (χ0v) is 8.01. The Morgan fingerprint density at radius 2 is 2.50 bits per heavy atom. The second-order valence-electron chi connectivity index (χ2n) is 3.62. The summed E-state index contributed by atoms with van der Waals surface area (Å²) in [4.78, 5) is 2.96. The van der Waals surface area contributed by atoms with Gasteiger partial charge in [-0.1, -0.05) is 12.2 Å². The molecule has 3 unspecified atom stereocenters. The van der Waals surface area contributed by atoms with Crippen LogP contribution in [0.25, 0.3) is 0 Å². The number of fused-ring (bicyclic) bond motifs is 2. The summed E-state index contributed by atoms with van der Waals surface area (Å²) in [7, 11) is 0. The quantitative estimate of drug-likeness (QED) is 0.622. The maximum atomic E-state index is 5.60. The molecule has 2 aliphatic rings. The molecule has 0 saturated carbocycles. The van der Waals surface area contributed by atoms with Crippen LogP contribution in [0.2, 0.25) is 0 Å². The molecule has 2 bridgehead atoms. The Balaban J connectivity index is 2.02. The average Bonchev–Trinajstić information content (AvgIpc) is 2.62. The van der Waals surface area contributed by atoms with Crippen LogP contribution in [0, 0.1) is 0 Å². The van der Waals surface area contributed by atoms with Crippen LogP contribution < -0.4 is 5.73 Å². The number of nitrogens with zero attached hydrogens (tertiary/aromatic N) is 1. The molecule has 3 atom stereocenters. The highest BCUT2D eigenvalue weighted by molar-refractivity contribution is 7.80. The molecule has 4 heteroatoms. The van der Waals surface area contributed by atoms with E-state index in [0.717, 1.165) is 19.6 Å². The molecule has 2 saturated heterocycles. The Bertz CT molecular complexity index is 209. The summed E-state index contributed by atoms with van der Waals surface area (Å²) in [5.41, 5.74) is 5.60. The van der Waals surface area contributed by atoms with Crippen LogP contribution in [0.5, 0.6) is 0 Å². The summed E-state index contributed by atoms with van der Waals surface area (Å²) in [5.74, 6) is 0. The third kappa shape index (κ3) is 1.24. The zero-order chi connectivity index (χ0) is 8.72. The van der Waals surface area contributed by atoms with Crippen molar-refractivity contribution in [1.82, 2.24) is 4.90 Å². The van der Waals surface area contributed by atoms with Crippen molar-refractivity contribution in [3.63, 3.8) is 0 Å². The van der Waals surface area contributed by atoms with Crippen LogP contribution in [0.15, 0.2) is 0 Å². The summed E-state index contributed by atoms with van der Waals surface area (Å²) < 4.78 is 5.49. The number of likely N-dealkylation sites (tertiary alicyclic amines) is 1. The van der Waals surface area contributed by atoms with Crippen molar-refractivity contribution in [2.75, 3.05) is 13.2 Å². The first-order valence-electron chi connectivity index (χ1n) is 4.35. The second-order valence-corrected chi connectivity index (χ2v) is 4.09. The molecule has 2 aliphatic heterocycles. The molecule has 3 nitrogen and oxygen atoms in total. The molecule has 2 rings (SSSR count). The first kappa shape index (κ1) is 8.41. The number of hydrogen-bond acceptors (Lipinski definition) is 3. The summed E-state index contributed by atoms with van der Waals surface area (Å²) in [6.07, 6.45) is 1.60. The van der Waals surface area contributed by atoms with Gasteiger partial charge in [-0.2, -0.15) is 0 Å². The van der Waals surface area contributed by atoms with Gasteiger partial charge in [0.2, 0.25) is 0 Å². The Hall–Kier alpha value is -0.190. The van der Waals surface area contributed by atoms with E-state index in [2.05, 4.69) is 11.8 Å². The minimum Gasteiger partial charge on any atom is -0.392 e. The summed E-state index contributed by atoms with van der Waals surface area (Å²) >= 11 is 4.97. The van der Waals surface area contributed by atoms with Crippen LogP contribution in [-0.2, 0) is 4.74 Å². The van der Waals surface area contributed by atoms with E-state index in [1.807, 2.05) is 0 Å². The maximum Gasteiger partial charge on any atom is 0.0899 e. The Morgan fingerprint density at radius 1 is 1.75 bits per heavy atom.